The Morgan fingerprint density at radius 3 is 2.39 bits per heavy atom. The molecule has 0 saturated carbocycles. The van der Waals surface area contributed by atoms with Gasteiger partial charge >= 0.3 is 6.03 Å². The summed E-state index contributed by atoms with van der Waals surface area (Å²) >= 11 is 1.19. The number of likely N-dealkylation sites (N-methyl/N-ethyl adjacent to an activating group) is 1. The summed E-state index contributed by atoms with van der Waals surface area (Å²) in [7, 11) is 3.72. The van der Waals surface area contributed by atoms with Gasteiger partial charge in [-0.2, -0.15) is 0 Å². The molecule has 0 unspecified atom stereocenters. The second-order valence-electron chi connectivity index (χ2n) is 7.08. The molecule has 28 heavy (non-hydrogen) atoms. The first-order valence-electron chi connectivity index (χ1n) is 9.53. The zero-order valence-electron chi connectivity index (χ0n) is 16.9. The highest BCUT2D eigenvalue weighted by molar-refractivity contribution is 8.13. The third-order valence-corrected chi connectivity index (χ3v) is 5.57. The average molecular weight is 407 g/mol. The maximum atomic E-state index is 13.1. The molecule has 2 rings (SSSR count). The quantitative estimate of drug-likeness (QED) is 0.739. The first-order chi connectivity index (χ1) is 13.4. The molecule has 1 aliphatic heterocycles. The Morgan fingerprint density at radius 1 is 1.14 bits per heavy atom. The Balaban J connectivity index is 2.01. The third-order valence-electron chi connectivity index (χ3n) is 4.77. The van der Waals surface area contributed by atoms with Crippen LogP contribution in [0.5, 0.6) is 0 Å². The van der Waals surface area contributed by atoms with Crippen molar-refractivity contribution in [1.82, 2.24) is 20.0 Å². The number of carbonyl (C=O) groups is 3. The van der Waals surface area contributed by atoms with Crippen LogP contribution in [0.25, 0.3) is 0 Å². The second kappa shape index (κ2) is 11.1. The molecule has 1 aliphatic rings. The van der Waals surface area contributed by atoms with E-state index in [9.17, 15) is 14.4 Å². The van der Waals surface area contributed by atoms with Crippen LogP contribution in [-0.4, -0.2) is 90.4 Å². The van der Waals surface area contributed by atoms with Crippen molar-refractivity contribution in [1.29, 1.82) is 0 Å². The molecule has 0 aromatic heterocycles. The maximum absolute atomic E-state index is 13.1. The SMILES string of the molecule is CC(=O)SCCN(C)C(=O)N[C@@H](Cc1ccccc1)C(=O)N1CCN(C)CC1. The highest BCUT2D eigenvalue weighted by Crippen LogP contribution is 2.09. The van der Waals surface area contributed by atoms with Crippen molar-refractivity contribution >= 4 is 28.8 Å². The van der Waals surface area contributed by atoms with Crippen LogP contribution in [0, 0.1) is 0 Å². The zero-order valence-corrected chi connectivity index (χ0v) is 17.7. The normalized spacial score (nSPS) is 15.8. The molecule has 1 fully saturated rings. The predicted molar refractivity (Wildman–Crippen MR) is 112 cm³/mol. The van der Waals surface area contributed by atoms with Gasteiger partial charge in [0, 0.05) is 58.9 Å². The molecule has 7 nitrogen and oxygen atoms in total. The van der Waals surface area contributed by atoms with Gasteiger partial charge in [0.1, 0.15) is 6.04 Å². The van der Waals surface area contributed by atoms with Crippen molar-refractivity contribution in [2.24, 2.45) is 0 Å². The lowest BCUT2D eigenvalue weighted by Crippen LogP contribution is -2.56. The number of thioether (sulfide) groups is 1. The summed E-state index contributed by atoms with van der Waals surface area (Å²) in [5, 5.41) is 2.93. The number of carbonyl (C=O) groups excluding carboxylic acids is 3. The van der Waals surface area contributed by atoms with Gasteiger partial charge in [0.25, 0.3) is 0 Å². The van der Waals surface area contributed by atoms with Crippen LogP contribution >= 0.6 is 11.8 Å². The van der Waals surface area contributed by atoms with Crippen LogP contribution in [0.1, 0.15) is 12.5 Å². The summed E-state index contributed by atoms with van der Waals surface area (Å²) in [6.45, 7) is 4.95. The number of amides is 3. The van der Waals surface area contributed by atoms with Crippen molar-refractivity contribution in [2.75, 3.05) is 52.6 Å². The minimum atomic E-state index is -0.610. The first kappa shape index (κ1) is 22.2. The van der Waals surface area contributed by atoms with Crippen LogP contribution in [0.3, 0.4) is 0 Å². The second-order valence-corrected chi connectivity index (χ2v) is 8.35. The third kappa shape index (κ3) is 7.16. The Morgan fingerprint density at radius 2 is 1.79 bits per heavy atom. The number of hydrogen-bond acceptors (Lipinski definition) is 5. The average Bonchev–Trinajstić information content (AvgIpc) is 2.68. The van der Waals surface area contributed by atoms with E-state index in [-0.39, 0.29) is 17.1 Å². The monoisotopic (exact) mass is 406 g/mol. The summed E-state index contributed by atoms with van der Waals surface area (Å²) < 4.78 is 0. The van der Waals surface area contributed by atoms with Crippen molar-refractivity contribution < 1.29 is 14.4 Å². The minimum Gasteiger partial charge on any atom is -0.338 e. The Hall–Kier alpha value is -2.06. The van der Waals surface area contributed by atoms with E-state index in [1.54, 1.807) is 7.05 Å². The Labute approximate surface area is 171 Å². The fourth-order valence-corrected chi connectivity index (χ4v) is 3.64. The van der Waals surface area contributed by atoms with Gasteiger partial charge in [-0.3, -0.25) is 9.59 Å². The van der Waals surface area contributed by atoms with E-state index in [2.05, 4.69) is 10.2 Å². The smallest absolute Gasteiger partial charge is 0.317 e. The number of piperazine rings is 1. The largest absolute Gasteiger partial charge is 0.338 e. The molecule has 1 heterocycles. The van der Waals surface area contributed by atoms with Crippen molar-refractivity contribution in [2.45, 2.75) is 19.4 Å². The van der Waals surface area contributed by atoms with Gasteiger partial charge in [-0.1, -0.05) is 42.1 Å². The van der Waals surface area contributed by atoms with Crippen molar-refractivity contribution in [3.63, 3.8) is 0 Å². The molecule has 1 aromatic carbocycles. The number of benzene rings is 1. The fourth-order valence-electron chi connectivity index (χ4n) is 2.98. The van der Waals surface area contributed by atoms with E-state index in [0.29, 0.717) is 31.8 Å². The summed E-state index contributed by atoms with van der Waals surface area (Å²) in [5.41, 5.74) is 1.00. The summed E-state index contributed by atoms with van der Waals surface area (Å²) in [4.78, 5) is 42.3. The van der Waals surface area contributed by atoms with Gasteiger partial charge in [-0.05, 0) is 12.6 Å². The lowest BCUT2D eigenvalue weighted by molar-refractivity contribution is -0.134. The molecule has 1 saturated heterocycles. The number of nitrogens with one attached hydrogen (secondary N) is 1. The molecule has 1 atom stereocenters. The first-order valence-corrected chi connectivity index (χ1v) is 10.5. The molecule has 8 heteroatoms. The van der Waals surface area contributed by atoms with E-state index in [4.69, 9.17) is 0 Å². The Bertz CT molecular complexity index is 663. The van der Waals surface area contributed by atoms with E-state index in [1.807, 2.05) is 42.3 Å². The van der Waals surface area contributed by atoms with E-state index in [1.165, 1.54) is 23.6 Å². The van der Waals surface area contributed by atoms with Crippen LogP contribution in [0.15, 0.2) is 30.3 Å². The highest BCUT2D eigenvalue weighted by atomic mass is 32.2. The van der Waals surface area contributed by atoms with E-state index >= 15 is 0 Å². The zero-order chi connectivity index (χ0) is 20.5. The molecule has 1 aromatic rings. The van der Waals surface area contributed by atoms with Gasteiger partial charge in [0.15, 0.2) is 5.12 Å². The minimum absolute atomic E-state index is 0.0287. The van der Waals surface area contributed by atoms with Gasteiger partial charge in [0.2, 0.25) is 5.91 Å². The molecule has 0 radical (unpaired) electrons. The Kier molecular flexibility index (Phi) is 8.79. The van der Waals surface area contributed by atoms with Crippen molar-refractivity contribution in [3.8, 4) is 0 Å². The fraction of sp³-hybridized carbons (Fsp3) is 0.550. The number of nitrogens with zero attached hydrogens (tertiary/aromatic N) is 3. The lowest BCUT2D eigenvalue weighted by Gasteiger charge is -2.35. The van der Waals surface area contributed by atoms with Gasteiger partial charge in [-0.25, -0.2) is 4.79 Å². The van der Waals surface area contributed by atoms with Crippen LogP contribution in [-0.2, 0) is 16.0 Å². The molecule has 0 bridgehead atoms. The molecule has 3 amide bonds. The maximum Gasteiger partial charge on any atom is 0.317 e. The highest BCUT2D eigenvalue weighted by Gasteiger charge is 2.29. The number of rotatable bonds is 7. The summed E-state index contributed by atoms with van der Waals surface area (Å²) in [5.74, 6) is 0.492. The predicted octanol–water partition coefficient (Wildman–Crippen LogP) is 1.29. The van der Waals surface area contributed by atoms with Crippen LogP contribution < -0.4 is 5.32 Å². The molecule has 154 valence electrons. The molecule has 1 N–H and O–H groups in total. The summed E-state index contributed by atoms with van der Waals surface area (Å²) in [6, 6.07) is 8.81. The molecular weight excluding hydrogens is 376 g/mol. The van der Waals surface area contributed by atoms with E-state index < -0.39 is 6.04 Å². The van der Waals surface area contributed by atoms with Crippen molar-refractivity contribution in [3.05, 3.63) is 35.9 Å². The van der Waals surface area contributed by atoms with Gasteiger partial charge in [0.05, 0.1) is 0 Å². The number of hydrogen-bond donors (Lipinski definition) is 1. The summed E-state index contributed by atoms with van der Waals surface area (Å²) in [6.07, 6.45) is 0.452. The lowest BCUT2D eigenvalue weighted by atomic mass is 10.0. The topological polar surface area (TPSA) is 73.0 Å². The van der Waals surface area contributed by atoms with E-state index in [0.717, 1.165) is 18.7 Å². The van der Waals surface area contributed by atoms with Crippen LogP contribution in [0.4, 0.5) is 4.79 Å². The number of urea groups is 1. The standard InChI is InChI=1S/C20H30N4O3S/c1-16(25)28-14-13-23(3)20(27)21-18(15-17-7-5-4-6-8-17)19(26)24-11-9-22(2)10-12-24/h4-8,18H,9-15H2,1-3H3,(H,21,27)/t18-/m0/s1. The van der Waals surface area contributed by atoms with Crippen LogP contribution in [0.2, 0.25) is 0 Å². The molecular formula is C20H30N4O3S. The molecule has 0 aliphatic carbocycles. The van der Waals surface area contributed by atoms with Gasteiger partial charge in [-0.15, -0.1) is 0 Å². The van der Waals surface area contributed by atoms with Gasteiger partial charge < -0.3 is 20.0 Å². The molecule has 0 spiro atoms.